The zero-order valence-corrected chi connectivity index (χ0v) is 18.3. The summed E-state index contributed by atoms with van der Waals surface area (Å²) in [6.45, 7) is 3.20. The first kappa shape index (κ1) is 22.7. The van der Waals surface area contributed by atoms with Gasteiger partial charge in [0.25, 0.3) is 0 Å². The van der Waals surface area contributed by atoms with E-state index < -0.39 is 10.0 Å². The standard InChI is InChI=1S/C18H23NO4S.C6H4O/c1-2-6-15-7-3-4-8-18(15)23-14-5-13-22-16-9-11-17(12-10-16)24(19,20)21;1-2-6-4-3-5(1)7-6/h3-4,7-12H,2,5-6,13-14H2,1H3,(H2,19,20,21);1-4H. The maximum atomic E-state index is 11.2. The first-order valence-corrected chi connectivity index (χ1v) is 11.7. The normalized spacial score (nSPS) is 11.2. The fourth-order valence-corrected chi connectivity index (χ4v) is 3.50. The van der Waals surface area contributed by atoms with Crippen LogP contribution in [0, 0.1) is 0 Å². The lowest BCUT2D eigenvalue weighted by Gasteiger charge is -2.11. The zero-order valence-electron chi connectivity index (χ0n) is 17.5. The Bertz CT molecular complexity index is 1110. The van der Waals surface area contributed by atoms with Gasteiger partial charge in [-0.3, -0.25) is 0 Å². The number of para-hydroxylation sites is 1. The van der Waals surface area contributed by atoms with Crippen molar-refractivity contribution in [1.29, 1.82) is 0 Å². The Hall–Kier alpha value is -3.03. The second-order valence-electron chi connectivity index (χ2n) is 7.00. The van der Waals surface area contributed by atoms with Crippen molar-refractivity contribution < 1.29 is 22.3 Å². The molecule has 0 saturated heterocycles. The highest BCUT2D eigenvalue weighted by Crippen LogP contribution is 2.20. The van der Waals surface area contributed by atoms with Crippen LogP contribution in [0.1, 0.15) is 25.3 Å². The number of hydrogen-bond acceptors (Lipinski definition) is 5. The van der Waals surface area contributed by atoms with Crippen molar-refractivity contribution in [3.63, 3.8) is 0 Å². The molecule has 0 aliphatic carbocycles. The Morgan fingerprint density at radius 1 is 0.839 bits per heavy atom. The molecule has 2 aromatic heterocycles. The first-order chi connectivity index (χ1) is 15.0. The molecule has 0 saturated carbocycles. The van der Waals surface area contributed by atoms with Gasteiger partial charge in [0, 0.05) is 6.42 Å². The van der Waals surface area contributed by atoms with Gasteiger partial charge in [-0.1, -0.05) is 31.5 Å². The number of fused-ring (bicyclic) bond motifs is 2. The van der Waals surface area contributed by atoms with Gasteiger partial charge in [0.2, 0.25) is 10.0 Å². The van der Waals surface area contributed by atoms with Gasteiger partial charge < -0.3 is 13.9 Å². The first-order valence-electron chi connectivity index (χ1n) is 10.2. The Labute approximate surface area is 183 Å². The topological polar surface area (TPSA) is 91.8 Å². The molecule has 164 valence electrons. The van der Waals surface area contributed by atoms with Crippen LogP contribution in [0.25, 0.3) is 11.2 Å². The molecule has 0 amide bonds. The van der Waals surface area contributed by atoms with Crippen molar-refractivity contribution in [2.24, 2.45) is 5.14 Å². The van der Waals surface area contributed by atoms with Crippen LogP contribution in [0.5, 0.6) is 11.5 Å². The fourth-order valence-electron chi connectivity index (χ4n) is 2.99. The van der Waals surface area contributed by atoms with E-state index in [1.807, 2.05) is 42.5 Å². The van der Waals surface area contributed by atoms with Crippen LogP contribution in [-0.4, -0.2) is 21.6 Å². The van der Waals surface area contributed by atoms with Crippen molar-refractivity contribution in [3.8, 4) is 11.5 Å². The average Bonchev–Trinajstić information content (AvgIpc) is 3.41. The SMILES string of the molecule is CCCc1ccccc1OCCCOc1ccc(S(N)(=O)=O)cc1.c1cc2ccc1o2. The van der Waals surface area contributed by atoms with Gasteiger partial charge in [0.05, 0.1) is 18.1 Å². The van der Waals surface area contributed by atoms with E-state index in [0.29, 0.717) is 19.0 Å². The summed E-state index contributed by atoms with van der Waals surface area (Å²) >= 11 is 0. The summed E-state index contributed by atoms with van der Waals surface area (Å²) in [6.07, 6.45) is 2.82. The molecule has 0 spiro atoms. The molecule has 0 unspecified atom stereocenters. The molecular formula is C24H27NO5S. The lowest BCUT2D eigenvalue weighted by molar-refractivity contribution is 0.246. The van der Waals surface area contributed by atoms with Crippen LogP contribution in [0.3, 0.4) is 0 Å². The highest BCUT2D eigenvalue weighted by molar-refractivity contribution is 7.89. The van der Waals surface area contributed by atoms with Crippen molar-refractivity contribution in [1.82, 2.24) is 0 Å². The molecule has 0 fully saturated rings. The van der Waals surface area contributed by atoms with E-state index >= 15 is 0 Å². The summed E-state index contributed by atoms with van der Waals surface area (Å²) in [5.74, 6) is 1.53. The number of rotatable bonds is 9. The molecule has 0 atom stereocenters. The molecular weight excluding hydrogens is 414 g/mol. The zero-order chi connectivity index (χ0) is 22.1. The molecule has 0 radical (unpaired) electrons. The lowest BCUT2D eigenvalue weighted by atomic mass is 10.1. The molecule has 31 heavy (non-hydrogen) atoms. The lowest BCUT2D eigenvalue weighted by Crippen LogP contribution is -2.12. The predicted molar refractivity (Wildman–Crippen MR) is 121 cm³/mol. The van der Waals surface area contributed by atoms with Crippen molar-refractivity contribution in [2.75, 3.05) is 13.2 Å². The van der Waals surface area contributed by atoms with E-state index in [2.05, 4.69) is 13.0 Å². The molecule has 7 heteroatoms. The minimum Gasteiger partial charge on any atom is -0.493 e. The number of nitrogens with two attached hydrogens (primary N) is 1. The van der Waals surface area contributed by atoms with Crippen LogP contribution in [-0.2, 0) is 16.4 Å². The number of furan rings is 2. The second kappa shape index (κ2) is 10.8. The second-order valence-corrected chi connectivity index (χ2v) is 8.56. The Morgan fingerprint density at radius 2 is 1.45 bits per heavy atom. The third-order valence-corrected chi connectivity index (χ3v) is 5.45. The minimum absolute atomic E-state index is 0.0747. The number of ether oxygens (including phenoxy) is 2. The molecule has 6 nitrogen and oxygen atoms in total. The van der Waals surface area contributed by atoms with E-state index in [9.17, 15) is 8.42 Å². The summed E-state index contributed by atoms with van der Waals surface area (Å²) in [7, 11) is -3.66. The van der Waals surface area contributed by atoms with E-state index in [1.54, 1.807) is 12.1 Å². The van der Waals surface area contributed by atoms with Gasteiger partial charge in [-0.05, 0) is 66.6 Å². The van der Waals surface area contributed by atoms with E-state index in [0.717, 1.165) is 36.2 Å². The maximum absolute atomic E-state index is 11.2. The van der Waals surface area contributed by atoms with Gasteiger partial charge in [-0.25, -0.2) is 13.6 Å². The molecule has 2 bridgehead atoms. The predicted octanol–water partition coefficient (Wildman–Crippen LogP) is 5.01. The Balaban J connectivity index is 0.000000322. The molecule has 4 aromatic rings. The third kappa shape index (κ3) is 7.01. The largest absolute Gasteiger partial charge is 0.493 e. The molecule has 2 aromatic carbocycles. The number of hydrogen-bond donors (Lipinski definition) is 1. The molecule has 2 heterocycles. The Kier molecular flexibility index (Phi) is 7.92. The van der Waals surface area contributed by atoms with E-state index in [1.165, 1.54) is 17.7 Å². The van der Waals surface area contributed by atoms with Crippen LogP contribution in [0.2, 0.25) is 0 Å². The minimum atomic E-state index is -3.66. The fraction of sp³-hybridized carbons (Fsp3) is 0.250. The summed E-state index contributed by atoms with van der Waals surface area (Å²) in [6, 6.07) is 21.9. The van der Waals surface area contributed by atoms with Gasteiger partial charge in [0.15, 0.2) is 0 Å². The number of sulfonamides is 1. The number of primary sulfonamides is 1. The molecule has 0 aliphatic heterocycles. The van der Waals surface area contributed by atoms with Crippen molar-refractivity contribution >= 4 is 21.2 Å². The third-order valence-electron chi connectivity index (χ3n) is 4.52. The highest BCUT2D eigenvalue weighted by atomic mass is 32.2. The molecule has 2 N–H and O–H groups in total. The van der Waals surface area contributed by atoms with Crippen molar-refractivity contribution in [2.45, 2.75) is 31.1 Å². The molecule has 0 aliphatic rings. The van der Waals surface area contributed by atoms with E-state index in [4.69, 9.17) is 19.0 Å². The monoisotopic (exact) mass is 441 g/mol. The number of benzene rings is 3. The van der Waals surface area contributed by atoms with Crippen LogP contribution in [0.15, 0.2) is 82.1 Å². The number of aryl methyl sites for hydroxylation is 1. The van der Waals surface area contributed by atoms with Crippen molar-refractivity contribution in [3.05, 3.63) is 78.4 Å². The van der Waals surface area contributed by atoms with E-state index in [-0.39, 0.29) is 4.90 Å². The van der Waals surface area contributed by atoms with Gasteiger partial charge in [-0.2, -0.15) is 0 Å². The van der Waals surface area contributed by atoms with Crippen LogP contribution in [0.4, 0.5) is 0 Å². The smallest absolute Gasteiger partial charge is 0.238 e. The van der Waals surface area contributed by atoms with Crippen LogP contribution >= 0.6 is 0 Å². The van der Waals surface area contributed by atoms with Gasteiger partial charge >= 0.3 is 0 Å². The highest BCUT2D eigenvalue weighted by Gasteiger charge is 2.07. The Morgan fingerprint density at radius 3 is 2.00 bits per heavy atom. The molecule has 4 rings (SSSR count). The quantitative estimate of drug-likeness (QED) is 0.369. The maximum Gasteiger partial charge on any atom is 0.238 e. The average molecular weight is 442 g/mol. The summed E-state index contributed by atoms with van der Waals surface area (Å²) in [5, 5.41) is 5.05. The summed E-state index contributed by atoms with van der Waals surface area (Å²) in [4.78, 5) is 0.0747. The van der Waals surface area contributed by atoms with Gasteiger partial charge in [-0.15, -0.1) is 0 Å². The van der Waals surface area contributed by atoms with Gasteiger partial charge in [0.1, 0.15) is 22.7 Å². The van der Waals surface area contributed by atoms with Crippen LogP contribution < -0.4 is 14.6 Å². The summed E-state index contributed by atoms with van der Waals surface area (Å²) < 4.78 is 38.8. The summed E-state index contributed by atoms with van der Waals surface area (Å²) in [5.41, 5.74) is 3.16.